The van der Waals surface area contributed by atoms with Crippen LogP contribution in [-0.4, -0.2) is 48.9 Å². The van der Waals surface area contributed by atoms with Gasteiger partial charge in [0.25, 0.3) is 11.8 Å². The molecule has 9 heteroatoms. The summed E-state index contributed by atoms with van der Waals surface area (Å²) in [6.45, 7) is 0.932. The van der Waals surface area contributed by atoms with E-state index in [4.69, 9.17) is 14.6 Å². The molecule has 0 fully saturated rings. The topological polar surface area (TPSA) is 126 Å². The summed E-state index contributed by atoms with van der Waals surface area (Å²) < 4.78 is 10.5. The van der Waals surface area contributed by atoms with Crippen molar-refractivity contribution in [1.29, 1.82) is 0 Å². The molecule has 0 heterocycles. The number of aryl methyl sites for hydroxylation is 1. The van der Waals surface area contributed by atoms with E-state index in [9.17, 15) is 14.4 Å². The number of aliphatic carboxylic acids is 1. The van der Waals surface area contributed by atoms with Crippen LogP contribution in [0.1, 0.15) is 11.1 Å². The Kier molecular flexibility index (Phi) is 8.18. The first-order valence-corrected chi connectivity index (χ1v) is 8.65. The molecule has 0 unspecified atom stereocenters. The highest BCUT2D eigenvalue weighted by Crippen LogP contribution is 2.15. The lowest BCUT2D eigenvalue weighted by Crippen LogP contribution is -2.37. The van der Waals surface area contributed by atoms with Gasteiger partial charge in [0.2, 0.25) is 0 Å². The van der Waals surface area contributed by atoms with E-state index in [1.807, 2.05) is 19.1 Å². The van der Waals surface area contributed by atoms with Gasteiger partial charge < -0.3 is 19.9 Å². The molecule has 2 rings (SSSR count). The molecule has 9 nitrogen and oxygen atoms in total. The standard InChI is InChI=1S/C20H21N3O6/c1-14-5-4-7-16(9-14)28-12-19(25)21-11-18(24)23-22-10-15-6-2-3-8-17(15)29-13-20(26)27/h2-10H,11-13H2,1H3,(H,21,25)(H,23,24)(H,26,27). The fraction of sp³-hybridized carbons (Fsp3) is 0.200. The van der Waals surface area contributed by atoms with Gasteiger partial charge in [-0.1, -0.05) is 24.3 Å². The summed E-state index contributed by atoms with van der Waals surface area (Å²) in [5.74, 6) is -1.20. The molecule has 29 heavy (non-hydrogen) atoms. The second kappa shape index (κ2) is 11.1. The quantitative estimate of drug-likeness (QED) is 0.406. The molecule has 0 aliphatic rings. The minimum absolute atomic E-state index is 0.214. The Hall–Kier alpha value is -3.88. The lowest BCUT2D eigenvalue weighted by atomic mass is 10.2. The van der Waals surface area contributed by atoms with Crippen LogP contribution < -0.4 is 20.2 Å². The molecule has 0 saturated heterocycles. The summed E-state index contributed by atoms with van der Waals surface area (Å²) in [6.07, 6.45) is 1.32. The number of amides is 2. The molecule has 0 saturated carbocycles. The van der Waals surface area contributed by atoms with Gasteiger partial charge in [-0.25, -0.2) is 10.2 Å². The van der Waals surface area contributed by atoms with Gasteiger partial charge in [0, 0.05) is 5.56 Å². The van der Waals surface area contributed by atoms with Crippen LogP contribution in [0.4, 0.5) is 0 Å². The van der Waals surface area contributed by atoms with Crippen molar-refractivity contribution in [3.8, 4) is 11.5 Å². The third-order valence-electron chi connectivity index (χ3n) is 3.47. The van der Waals surface area contributed by atoms with E-state index >= 15 is 0 Å². The first-order chi connectivity index (χ1) is 13.9. The molecule has 0 radical (unpaired) electrons. The average molecular weight is 399 g/mol. The maximum atomic E-state index is 11.8. The Morgan fingerprint density at radius 2 is 1.83 bits per heavy atom. The fourth-order valence-corrected chi connectivity index (χ4v) is 2.16. The van der Waals surface area contributed by atoms with Crippen molar-refractivity contribution in [2.75, 3.05) is 19.8 Å². The lowest BCUT2D eigenvalue weighted by Gasteiger charge is -2.08. The third-order valence-corrected chi connectivity index (χ3v) is 3.47. The number of benzene rings is 2. The fourth-order valence-electron chi connectivity index (χ4n) is 2.16. The van der Waals surface area contributed by atoms with Crippen LogP contribution in [0, 0.1) is 6.92 Å². The van der Waals surface area contributed by atoms with Crippen LogP contribution in [0.3, 0.4) is 0 Å². The number of hydrazone groups is 1. The number of carboxylic acid groups (broad SMARTS) is 1. The minimum Gasteiger partial charge on any atom is -0.484 e. The van der Waals surface area contributed by atoms with Gasteiger partial charge in [-0.15, -0.1) is 0 Å². The molecular weight excluding hydrogens is 378 g/mol. The van der Waals surface area contributed by atoms with Crippen molar-refractivity contribution in [2.45, 2.75) is 6.92 Å². The molecule has 0 aliphatic heterocycles. The highest BCUT2D eigenvalue weighted by molar-refractivity contribution is 5.87. The number of carbonyl (C=O) groups is 3. The van der Waals surface area contributed by atoms with E-state index in [-0.39, 0.29) is 13.2 Å². The summed E-state index contributed by atoms with van der Waals surface area (Å²) in [7, 11) is 0. The van der Waals surface area contributed by atoms with Gasteiger partial charge >= 0.3 is 5.97 Å². The van der Waals surface area contributed by atoms with Gasteiger partial charge in [0.15, 0.2) is 13.2 Å². The van der Waals surface area contributed by atoms with Crippen molar-refractivity contribution >= 4 is 24.0 Å². The number of rotatable bonds is 10. The normalized spacial score (nSPS) is 10.4. The third kappa shape index (κ3) is 8.12. The summed E-state index contributed by atoms with van der Waals surface area (Å²) in [5.41, 5.74) is 3.76. The predicted molar refractivity (Wildman–Crippen MR) is 105 cm³/mol. The molecule has 0 bridgehead atoms. The molecule has 3 N–H and O–H groups in total. The summed E-state index contributed by atoms with van der Waals surface area (Å²) >= 11 is 0. The number of hydrogen-bond acceptors (Lipinski definition) is 6. The zero-order valence-corrected chi connectivity index (χ0v) is 15.8. The molecule has 0 spiro atoms. The summed E-state index contributed by atoms with van der Waals surface area (Å²) in [6, 6.07) is 13.9. The lowest BCUT2D eigenvalue weighted by molar-refractivity contribution is -0.139. The van der Waals surface area contributed by atoms with Crippen LogP contribution in [-0.2, 0) is 14.4 Å². The number of carboxylic acids is 1. The van der Waals surface area contributed by atoms with E-state index < -0.39 is 24.4 Å². The molecule has 2 aromatic rings. The van der Waals surface area contributed by atoms with Gasteiger partial charge in [-0.05, 0) is 36.8 Å². The highest BCUT2D eigenvalue weighted by atomic mass is 16.5. The van der Waals surface area contributed by atoms with Crippen LogP contribution in [0.5, 0.6) is 11.5 Å². The zero-order valence-electron chi connectivity index (χ0n) is 15.8. The molecule has 0 aliphatic carbocycles. The van der Waals surface area contributed by atoms with Crippen molar-refractivity contribution < 1.29 is 29.0 Å². The number of nitrogens with one attached hydrogen (secondary N) is 2. The number of hydrogen-bond donors (Lipinski definition) is 3. The van der Waals surface area contributed by atoms with Crippen molar-refractivity contribution in [3.63, 3.8) is 0 Å². The smallest absolute Gasteiger partial charge is 0.341 e. The summed E-state index contributed by atoms with van der Waals surface area (Å²) in [4.78, 5) is 34.1. The Labute approximate surface area is 167 Å². The second-order valence-electron chi connectivity index (χ2n) is 5.90. The molecule has 152 valence electrons. The first-order valence-electron chi connectivity index (χ1n) is 8.65. The zero-order chi connectivity index (χ0) is 21.1. The van der Waals surface area contributed by atoms with Gasteiger partial charge in [-0.2, -0.15) is 5.10 Å². The van der Waals surface area contributed by atoms with Gasteiger partial charge in [-0.3, -0.25) is 9.59 Å². The number of carbonyl (C=O) groups excluding carboxylic acids is 2. The van der Waals surface area contributed by atoms with Crippen molar-refractivity contribution in [2.24, 2.45) is 5.10 Å². The Balaban J connectivity index is 1.74. The molecule has 2 amide bonds. The minimum atomic E-state index is -1.10. The van der Waals surface area contributed by atoms with E-state index in [1.54, 1.807) is 36.4 Å². The highest BCUT2D eigenvalue weighted by Gasteiger charge is 2.07. The van der Waals surface area contributed by atoms with E-state index in [1.165, 1.54) is 6.21 Å². The van der Waals surface area contributed by atoms with Crippen LogP contribution in [0.15, 0.2) is 53.6 Å². The maximum absolute atomic E-state index is 11.8. The Morgan fingerprint density at radius 3 is 2.59 bits per heavy atom. The van der Waals surface area contributed by atoms with E-state index in [0.717, 1.165) is 5.56 Å². The van der Waals surface area contributed by atoms with Crippen LogP contribution >= 0.6 is 0 Å². The molecule has 2 aromatic carbocycles. The van der Waals surface area contributed by atoms with E-state index in [2.05, 4.69) is 15.8 Å². The number of nitrogens with zero attached hydrogens (tertiary/aromatic N) is 1. The van der Waals surface area contributed by atoms with Crippen LogP contribution in [0.2, 0.25) is 0 Å². The largest absolute Gasteiger partial charge is 0.484 e. The van der Waals surface area contributed by atoms with Gasteiger partial charge in [0.1, 0.15) is 11.5 Å². The number of para-hydroxylation sites is 1. The maximum Gasteiger partial charge on any atom is 0.341 e. The SMILES string of the molecule is Cc1cccc(OCC(=O)NCC(=O)NN=Cc2ccccc2OCC(=O)O)c1. The van der Waals surface area contributed by atoms with E-state index in [0.29, 0.717) is 17.1 Å². The number of ether oxygens (including phenoxy) is 2. The average Bonchev–Trinajstić information content (AvgIpc) is 2.70. The predicted octanol–water partition coefficient (Wildman–Crippen LogP) is 1.10. The molecular formula is C20H21N3O6. The molecule has 0 aromatic heterocycles. The Morgan fingerprint density at radius 1 is 1.03 bits per heavy atom. The second-order valence-corrected chi connectivity index (χ2v) is 5.90. The van der Waals surface area contributed by atoms with Crippen molar-refractivity contribution in [3.05, 3.63) is 59.7 Å². The monoisotopic (exact) mass is 399 g/mol. The van der Waals surface area contributed by atoms with Crippen LogP contribution in [0.25, 0.3) is 0 Å². The molecule has 0 atom stereocenters. The first kappa shape index (κ1) is 21.4. The Bertz CT molecular complexity index is 897. The summed E-state index contributed by atoms with van der Waals surface area (Å²) in [5, 5.41) is 14.9. The van der Waals surface area contributed by atoms with Gasteiger partial charge in [0.05, 0.1) is 12.8 Å². The van der Waals surface area contributed by atoms with Crippen molar-refractivity contribution in [1.82, 2.24) is 10.7 Å².